The van der Waals surface area contributed by atoms with Gasteiger partial charge in [0.15, 0.2) is 0 Å². The maximum absolute atomic E-state index is 11.1. The van der Waals surface area contributed by atoms with Gasteiger partial charge in [0.05, 0.1) is 0 Å². The van der Waals surface area contributed by atoms with E-state index in [2.05, 4.69) is 11.8 Å². The number of benzene rings is 1. The average Bonchev–Trinajstić information content (AvgIpc) is 2.17. The van der Waals surface area contributed by atoms with Crippen molar-refractivity contribution in [2.24, 2.45) is 0 Å². The van der Waals surface area contributed by atoms with Crippen molar-refractivity contribution in [1.82, 2.24) is 0 Å². The molecule has 0 saturated heterocycles. The third-order valence-electron chi connectivity index (χ3n) is 1.35. The first-order valence-corrected chi connectivity index (χ1v) is 3.31. The quantitative estimate of drug-likeness (QED) is 0.354. The minimum Gasteiger partial charge on any atom is -0.634 e. The number of esters is 1. The molecule has 14 heavy (non-hydrogen) atoms. The first kappa shape index (κ1) is 15.9. The molecule has 0 bridgehead atoms. The van der Waals surface area contributed by atoms with Gasteiger partial charge in [-0.2, -0.15) is 7.11 Å². The second-order valence-electron chi connectivity index (χ2n) is 2.13. The second kappa shape index (κ2) is 7.83. The van der Waals surface area contributed by atoms with Crippen molar-refractivity contribution in [3.63, 3.8) is 0 Å². The molecule has 0 fully saturated rings. The van der Waals surface area contributed by atoms with Crippen LogP contribution in [0.15, 0.2) is 30.3 Å². The van der Waals surface area contributed by atoms with Gasteiger partial charge >= 0.3 is 38.7 Å². The molecule has 0 unspecified atom stereocenters. The Hall–Kier alpha value is -0.536. The van der Waals surface area contributed by atoms with Crippen LogP contribution in [-0.2, 0) is 42.2 Å². The molecule has 0 aliphatic carbocycles. The van der Waals surface area contributed by atoms with Gasteiger partial charge in [-0.05, 0) is 0 Å². The standard InChI is InChI=1S/C9H7O3.CH3.Y/c1-12-9(11)8(10)7-5-3-2-4-6-7;;/h2-6H,1H2;1H3;/q2*-1;+3. The predicted octanol–water partition coefficient (Wildman–Crippen LogP) is 1.65. The largest absolute Gasteiger partial charge is 3.00 e. The summed E-state index contributed by atoms with van der Waals surface area (Å²) >= 11 is 0. The molecule has 70 valence electrons. The molecule has 0 spiro atoms. The molecule has 1 aromatic carbocycles. The summed E-state index contributed by atoms with van der Waals surface area (Å²) in [6.07, 6.45) is 0. The average molecular weight is 267 g/mol. The van der Waals surface area contributed by atoms with Crippen LogP contribution in [-0.4, -0.2) is 11.8 Å². The Morgan fingerprint density at radius 2 is 1.64 bits per heavy atom. The van der Waals surface area contributed by atoms with Gasteiger partial charge in [0.1, 0.15) is 0 Å². The Morgan fingerprint density at radius 3 is 2.07 bits per heavy atom. The van der Waals surface area contributed by atoms with Crippen LogP contribution in [0.2, 0.25) is 0 Å². The molecular weight excluding hydrogens is 257 g/mol. The summed E-state index contributed by atoms with van der Waals surface area (Å²) in [5.74, 6) is -1.62. The number of carbonyl (C=O) groups excluding carboxylic acids is 2. The fourth-order valence-electron chi connectivity index (χ4n) is 0.773. The number of hydrogen-bond acceptors (Lipinski definition) is 3. The molecule has 0 heterocycles. The SMILES string of the molecule is [CH2-]OC(=O)C(=O)c1ccccc1.[CH3-].[Y+3]. The molecule has 1 aromatic rings. The molecule has 0 aliphatic rings. The van der Waals surface area contributed by atoms with Crippen molar-refractivity contribution < 1.29 is 47.0 Å². The predicted molar refractivity (Wildman–Crippen MR) is 48.6 cm³/mol. The number of hydrogen-bond donors (Lipinski definition) is 0. The van der Waals surface area contributed by atoms with Crippen molar-refractivity contribution in [3.8, 4) is 0 Å². The Morgan fingerprint density at radius 1 is 1.14 bits per heavy atom. The Bertz CT molecular complexity index is 295. The molecule has 0 saturated carbocycles. The molecule has 0 amide bonds. The van der Waals surface area contributed by atoms with Crippen LogP contribution in [0.4, 0.5) is 0 Å². The van der Waals surface area contributed by atoms with E-state index in [1.165, 1.54) is 0 Å². The van der Waals surface area contributed by atoms with E-state index in [1.54, 1.807) is 30.3 Å². The summed E-state index contributed by atoms with van der Waals surface area (Å²) in [5, 5.41) is 0. The molecule has 0 atom stereocenters. The van der Waals surface area contributed by atoms with Gasteiger partial charge in [-0.15, -0.1) is 0 Å². The topological polar surface area (TPSA) is 43.4 Å². The minimum atomic E-state index is -0.943. The van der Waals surface area contributed by atoms with Gasteiger partial charge in [-0.1, -0.05) is 30.3 Å². The summed E-state index contributed by atoms with van der Waals surface area (Å²) < 4.78 is 4.03. The number of ketones is 1. The van der Waals surface area contributed by atoms with Crippen molar-refractivity contribution in [3.05, 3.63) is 50.4 Å². The molecule has 0 aliphatic heterocycles. The zero-order chi connectivity index (χ0) is 8.97. The van der Waals surface area contributed by atoms with E-state index >= 15 is 0 Å². The molecule has 0 aromatic heterocycles. The van der Waals surface area contributed by atoms with E-state index in [-0.39, 0.29) is 40.1 Å². The first-order chi connectivity index (χ1) is 5.75. The van der Waals surface area contributed by atoms with Crippen molar-refractivity contribution in [2.75, 3.05) is 0 Å². The third-order valence-corrected chi connectivity index (χ3v) is 1.35. The van der Waals surface area contributed by atoms with E-state index < -0.39 is 11.8 Å². The molecule has 1 rings (SSSR count). The second-order valence-corrected chi connectivity index (χ2v) is 2.13. The van der Waals surface area contributed by atoms with E-state index in [9.17, 15) is 9.59 Å². The zero-order valence-corrected chi connectivity index (χ0v) is 10.7. The first-order valence-electron chi connectivity index (χ1n) is 3.31. The van der Waals surface area contributed by atoms with Crippen LogP contribution < -0.4 is 0 Å². The normalized spacial score (nSPS) is 7.79. The van der Waals surface area contributed by atoms with Gasteiger partial charge < -0.3 is 12.2 Å². The van der Waals surface area contributed by atoms with E-state index in [0.29, 0.717) is 5.56 Å². The minimum absolute atomic E-state index is 0. The van der Waals surface area contributed by atoms with Crippen LogP contribution in [0.1, 0.15) is 10.4 Å². The molecule has 0 radical (unpaired) electrons. The van der Waals surface area contributed by atoms with Gasteiger partial charge in [0.25, 0.3) is 5.78 Å². The van der Waals surface area contributed by atoms with Gasteiger partial charge in [-0.25, -0.2) is 4.79 Å². The number of ether oxygens (including phenoxy) is 1. The van der Waals surface area contributed by atoms with E-state index in [1.807, 2.05) is 0 Å². The third kappa shape index (κ3) is 4.12. The molecular formula is C10H10O3Y+. The Balaban J connectivity index is 0. The smallest absolute Gasteiger partial charge is 0.634 e. The maximum atomic E-state index is 11.1. The fourth-order valence-corrected chi connectivity index (χ4v) is 0.773. The number of rotatable bonds is 2. The van der Waals surface area contributed by atoms with Crippen LogP contribution in [0, 0.1) is 14.5 Å². The zero-order valence-electron chi connectivity index (χ0n) is 7.90. The number of carbonyl (C=O) groups is 2. The summed E-state index contributed by atoms with van der Waals surface area (Å²) in [6.45, 7) is 0. The van der Waals surface area contributed by atoms with Crippen LogP contribution in [0.3, 0.4) is 0 Å². The van der Waals surface area contributed by atoms with Crippen molar-refractivity contribution in [1.29, 1.82) is 0 Å². The fraction of sp³-hybridized carbons (Fsp3) is 0. The van der Waals surface area contributed by atoms with Gasteiger partial charge in [0.2, 0.25) is 0 Å². The van der Waals surface area contributed by atoms with Crippen LogP contribution in [0.25, 0.3) is 0 Å². The summed E-state index contributed by atoms with van der Waals surface area (Å²) in [5.41, 5.74) is 0.311. The Labute approximate surface area is 109 Å². The van der Waals surface area contributed by atoms with Crippen molar-refractivity contribution >= 4 is 11.8 Å². The number of Topliss-reactive ketones (excluding diaryl/α,β-unsaturated/α-hetero) is 1. The summed E-state index contributed by atoms with van der Waals surface area (Å²) in [4.78, 5) is 21.7. The van der Waals surface area contributed by atoms with Crippen LogP contribution >= 0.6 is 0 Å². The molecule has 4 heteroatoms. The van der Waals surface area contributed by atoms with Crippen molar-refractivity contribution in [2.45, 2.75) is 0 Å². The monoisotopic (exact) mass is 267 g/mol. The van der Waals surface area contributed by atoms with Gasteiger partial charge in [0, 0.05) is 5.56 Å². The molecule has 0 N–H and O–H groups in total. The maximum Gasteiger partial charge on any atom is 3.00 e. The van der Waals surface area contributed by atoms with Gasteiger partial charge in [-0.3, -0.25) is 4.79 Å². The Kier molecular flexibility index (Phi) is 8.90. The van der Waals surface area contributed by atoms with Crippen LogP contribution in [0.5, 0.6) is 0 Å². The molecule has 3 nitrogen and oxygen atoms in total. The summed E-state index contributed by atoms with van der Waals surface area (Å²) in [7, 11) is 2.86. The van der Waals surface area contributed by atoms with E-state index in [0.717, 1.165) is 0 Å². The van der Waals surface area contributed by atoms with E-state index in [4.69, 9.17) is 0 Å². The summed E-state index contributed by atoms with van der Waals surface area (Å²) in [6, 6.07) is 8.18.